The van der Waals surface area contributed by atoms with Crippen molar-refractivity contribution in [1.29, 1.82) is 0 Å². The van der Waals surface area contributed by atoms with Crippen molar-refractivity contribution in [2.24, 2.45) is 0 Å². The van der Waals surface area contributed by atoms with Gasteiger partial charge in [-0.05, 0) is 70.8 Å². The summed E-state index contributed by atoms with van der Waals surface area (Å²) in [6, 6.07) is 10.0. The van der Waals surface area contributed by atoms with E-state index in [1.807, 2.05) is 0 Å². The Morgan fingerprint density at radius 1 is 1.26 bits per heavy atom. The smallest absolute Gasteiger partial charge is 0.00823 e. The molecule has 1 aromatic rings. The van der Waals surface area contributed by atoms with Crippen LogP contribution in [0.4, 0.5) is 0 Å². The molecule has 1 aliphatic heterocycles. The Labute approximate surface area is 118 Å². The van der Waals surface area contributed by atoms with Crippen molar-refractivity contribution in [2.45, 2.75) is 51.6 Å². The summed E-state index contributed by atoms with van der Waals surface area (Å²) in [6.07, 6.45) is 5.07. The lowest BCUT2D eigenvalue weighted by Crippen LogP contribution is -2.38. The molecule has 0 aromatic heterocycles. The van der Waals surface area contributed by atoms with Crippen LogP contribution < -0.4 is 5.32 Å². The van der Waals surface area contributed by atoms with E-state index in [0.717, 1.165) is 6.42 Å². The molecule has 1 aromatic carbocycles. The van der Waals surface area contributed by atoms with Crippen LogP contribution in [0.5, 0.6) is 0 Å². The summed E-state index contributed by atoms with van der Waals surface area (Å²) in [6.45, 7) is 7.02. The molecule has 2 rings (SSSR count). The van der Waals surface area contributed by atoms with Crippen molar-refractivity contribution in [3.8, 4) is 0 Å². The summed E-state index contributed by atoms with van der Waals surface area (Å²) in [5.41, 5.74) is 2.89. The summed E-state index contributed by atoms with van der Waals surface area (Å²) < 4.78 is 0. The molecule has 2 atom stereocenters. The van der Waals surface area contributed by atoms with Gasteiger partial charge in [-0.3, -0.25) is 0 Å². The third kappa shape index (κ3) is 4.63. The lowest BCUT2D eigenvalue weighted by Gasteiger charge is -2.22. The number of likely N-dealkylation sites (tertiary alicyclic amines) is 1. The average Bonchev–Trinajstić information content (AvgIpc) is 2.57. The first-order valence-electron chi connectivity index (χ1n) is 7.64. The fourth-order valence-electron chi connectivity index (χ4n) is 3.04. The maximum absolute atomic E-state index is 3.83. The van der Waals surface area contributed by atoms with Crippen LogP contribution in [0.15, 0.2) is 24.3 Å². The SMILES string of the molecule is Cc1ccccc1CC(C)NC1CCCN(C)CC1. The van der Waals surface area contributed by atoms with Gasteiger partial charge in [0, 0.05) is 12.1 Å². The third-order valence-corrected chi connectivity index (χ3v) is 4.26. The van der Waals surface area contributed by atoms with Crippen molar-refractivity contribution in [2.75, 3.05) is 20.1 Å². The fraction of sp³-hybridized carbons (Fsp3) is 0.647. The minimum absolute atomic E-state index is 0.564. The van der Waals surface area contributed by atoms with E-state index in [-0.39, 0.29) is 0 Å². The minimum Gasteiger partial charge on any atom is -0.311 e. The van der Waals surface area contributed by atoms with E-state index >= 15 is 0 Å². The van der Waals surface area contributed by atoms with E-state index in [2.05, 4.69) is 55.4 Å². The molecular formula is C17H28N2. The van der Waals surface area contributed by atoms with Gasteiger partial charge in [0.05, 0.1) is 0 Å². The van der Waals surface area contributed by atoms with Crippen molar-refractivity contribution in [3.63, 3.8) is 0 Å². The van der Waals surface area contributed by atoms with E-state index in [9.17, 15) is 0 Å². The van der Waals surface area contributed by atoms with E-state index in [1.54, 1.807) is 0 Å². The highest BCUT2D eigenvalue weighted by molar-refractivity contribution is 5.26. The highest BCUT2D eigenvalue weighted by Gasteiger charge is 2.16. The molecule has 1 saturated heterocycles. The lowest BCUT2D eigenvalue weighted by molar-refractivity contribution is 0.339. The average molecular weight is 260 g/mol. The van der Waals surface area contributed by atoms with Crippen LogP contribution in [-0.2, 0) is 6.42 Å². The number of benzene rings is 1. The highest BCUT2D eigenvalue weighted by Crippen LogP contribution is 2.13. The van der Waals surface area contributed by atoms with Crippen LogP contribution in [-0.4, -0.2) is 37.1 Å². The Kier molecular flexibility index (Phi) is 5.41. The minimum atomic E-state index is 0.564. The van der Waals surface area contributed by atoms with Gasteiger partial charge >= 0.3 is 0 Å². The van der Waals surface area contributed by atoms with Crippen molar-refractivity contribution >= 4 is 0 Å². The Balaban J connectivity index is 1.84. The van der Waals surface area contributed by atoms with Crippen LogP contribution in [0.25, 0.3) is 0 Å². The van der Waals surface area contributed by atoms with Crippen molar-refractivity contribution < 1.29 is 0 Å². The van der Waals surface area contributed by atoms with E-state index in [0.29, 0.717) is 12.1 Å². The maximum atomic E-state index is 3.83. The van der Waals surface area contributed by atoms with Crippen LogP contribution in [0.3, 0.4) is 0 Å². The molecule has 1 N–H and O–H groups in total. The summed E-state index contributed by atoms with van der Waals surface area (Å²) in [5.74, 6) is 0. The standard InChI is InChI=1S/C17H28N2/c1-14-7-4-5-8-16(14)13-15(2)18-17-9-6-11-19(3)12-10-17/h4-5,7-8,15,17-18H,6,9-13H2,1-3H3. The molecule has 0 amide bonds. The molecule has 106 valence electrons. The molecule has 0 saturated carbocycles. The Morgan fingerprint density at radius 3 is 2.84 bits per heavy atom. The monoisotopic (exact) mass is 260 g/mol. The zero-order valence-corrected chi connectivity index (χ0v) is 12.7. The largest absolute Gasteiger partial charge is 0.311 e. The quantitative estimate of drug-likeness (QED) is 0.895. The summed E-state index contributed by atoms with van der Waals surface area (Å²) in [7, 11) is 2.24. The summed E-state index contributed by atoms with van der Waals surface area (Å²) in [5, 5.41) is 3.83. The number of nitrogens with one attached hydrogen (secondary N) is 1. The van der Waals surface area contributed by atoms with E-state index < -0.39 is 0 Å². The second-order valence-electron chi connectivity index (χ2n) is 6.13. The Morgan fingerprint density at radius 2 is 2.05 bits per heavy atom. The molecular weight excluding hydrogens is 232 g/mol. The first kappa shape index (κ1) is 14.5. The predicted octanol–water partition coefficient (Wildman–Crippen LogP) is 3.00. The molecule has 1 heterocycles. The first-order valence-corrected chi connectivity index (χ1v) is 7.64. The highest BCUT2D eigenvalue weighted by atomic mass is 15.1. The molecule has 1 aliphatic rings. The molecule has 19 heavy (non-hydrogen) atoms. The molecule has 0 bridgehead atoms. The van der Waals surface area contributed by atoms with Gasteiger partial charge in [0.2, 0.25) is 0 Å². The Bertz CT molecular complexity index is 389. The van der Waals surface area contributed by atoms with Crippen LogP contribution >= 0.6 is 0 Å². The van der Waals surface area contributed by atoms with Crippen LogP contribution in [0, 0.1) is 6.92 Å². The van der Waals surface area contributed by atoms with Gasteiger partial charge in [-0.1, -0.05) is 24.3 Å². The molecule has 2 nitrogen and oxygen atoms in total. The maximum Gasteiger partial charge on any atom is 0.00823 e. The second kappa shape index (κ2) is 7.06. The number of hydrogen-bond donors (Lipinski definition) is 1. The molecule has 0 spiro atoms. The molecule has 0 radical (unpaired) electrons. The Hall–Kier alpha value is -0.860. The number of hydrogen-bond acceptors (Lipinski definition) is 2. The zero-order chi connectivity index (χ0) is 13.7. The summed E-state index contributed by atoms with van der Waals surface area (Å²) in [4.78, 5) is 2.45. The molecule has 1 fully saturated rings. The van der Waals surface area contributed by atoms with Crippen molar-refractivity contribution in [1.82, 2.24) is 10.2 Å². The topological polar surface area (TPSA) is 15.3 Å². The van der Waals surface area contributed by atoms with Gasteiger partial charge in [-0.15, -0.1) is 0 Å². The van der Waals surface area contributed by atoms with Gasteiger partial charge in [0.1, 0.15) is 0 Å². The van der Waals surface area contributed by atoms with Gasteiger partial charge < -0.3 is 10.2 Å². The molecule has 2 heteroatoms. The van der Waals surface area contributed by atoms with Crippen molar-refractivity contribution in [3.05, 3.63) is 35.4 Å². The van der Waals surface area contributed by atoms with E-state index in [4.69, 9.17) is 0 Å². The number of nitrogens with zero attached hydrogens (tertiary/aromatic N) is 1. The fourth-order valence-corrected chi connectivity index (χ4v) is 3.04. The van der Waals surface area contributed by atoms with Gasteiger partial charge in [-0.2, -0.15) is 0 Å². The number of rotatable bonds is 4. The molecule has 0 aliphatic carbocycles. The van der Waals surface area contributed by atoms with Gasteiger partial charge in [0.15, 0.2) is 0 Å². The normalized spacial score (nSPS) is 23.0. The van der Waals surface area contributed by atoms with Gasteiger partial charge in [-0.25, -0.2) is 0 Å². The second-order valence-corrected chi connectivity index (χ2v) is 6.13. The van der Waals surface area contributed by atoms with E-state index in [1.165, 1.54) is 43.5 Å². The van der Waals surface area contributed by atoms with Crippen LogP contribution in [0.1, 0.15) is 37.3 Å². The predicted molar refractivity (Wildman–Crippen MR) is 82.6 cm³/mol. The summed E-state index contributed by atoms with van der Waals surface area (Å²) >= 11 is 0. The lowest BCUT2D eigenvalue weighted by atomic mass is 10.0. The third-order valence-electron chi connectivity index (χ3n) is 4.26. The zero-order valence-electron chi connectivity index (χ0n) is 12.7. The molecule has 2 unspecified atom stereocenters. The number of aryl methyl sites for hydroxylation is 1. The first-order chi connectivity index (χ1) is 9.15. The van der Waals surface area contributed by atoms with Crippen LogP contribution in [0.2, 0.25) is 0 Å². The van der Waals surface area contributed by atoms with Gasteiger partial charge in [0.25, 0.3) is 0 Å².